The Bertz CT molecular complexity index is 400. The number of nitrogens with two attached hydrogens (primary N) is 1. The smallest absolute Gasteiger partial charge is 0.0402 e. The molecule has 0 saturated carbocycles. The van der Waals surface area contributed by atoms with E-state index in [1.807, 2.05) is 0 Å². The average molecular weight is 260 g/mol. The van der Waals surface area contributed by atoms with Crippen molar-refractivity contribution in [3.05, 3.63) is 29.8 Å². The Labute approximate surface area is 118 Å². The number of para-hydroxylation sites is 1. The molecule has 1 heterocycles. The van der Waals surface area contributed by atoms with Crippen LogP contribution in [0.4, 0.5) is 5.69 Å². The first kappa shape index (κ1) is 14.4. The number of rotatable bonds is 6. The molecule has 2 N–H and O–H groups in total. The molecule has 2 heteroatoms. The molecule has 0 fully saturated rings. The lowest BCUT2D eigenvalue weighted by Crippen LogP contribution is -2.33. The molecule has 0 aliphatic carbocycles. The van der Waals surface area contributed by atoms with E-state index < -0.39 is 0 Å². The van der Waals surface area contributed by atoms with Crippen molar-refractivity contribution < 1.29 is 0 Å². The molecule has 3 unspecified atom stereocenters. The van der Waals surface area contributed by atoms with Gasteiger partial charge in [-0.05, 0) is 50.7 Å². The molecule has 0 saturated heterocycles. The van der Waals surface area contributed by atoms with E-state index in [0.29, 0.717) is 12.1 Å². The standard InChI is InChI=1S/C17H28N2/c1-13(7-6-8-14(2)18)12-19-15(3)11-16-9-4-5-10-17(16)19/h4-5,9-10,13-15H,6-8,11-12,18H2,1-3H3. The summed E-state index contributed by atoms with van der Waals surface area (Å²) in [7, 11) is 0. The van der Waals surface area contributed by atoms with Crippen LogP contribution in [0, 0.1) is 5.92 Å². The summed E-state index contributed by atoms with van der Waals surface area (Å²) >= 11 is 0. The minimum absolute atomic E-state index is 0.346. The van der Waals surface area contributed by atoms with Gasteiger partial charge in [0.1, 0.15) is 0 Å². The van der Waals surface area contributed by atoms with Gasteiger partial charge in [0.15, 0.2) is 0 Å². The third kappa shape index (κ3) is 3.73. The molecule has 19 heavy (non-hydrogen) atoms. The molecule has 3 atom stereocenters. The van der Waals surface area contributed by atoms with Crippen LogP contribution in [0.2, 0.25) is 0 Å². The van der Waals surface area contributed by atoms with Crippen molar-refractivity contribution in [2.24, 2.45) is 11.7 Å². The zero-order valence-corrected chi connectivity index (χ0v) is 12.6. The largest absolute Gasteiger partial charge is 0.368 e. The molecule has 0 spiro atoms. The van der Waals surface area contributed by atoms with Crippen LogP contribution in [0.15, 0.2) is 24.3 Å². The number of benzene rings is 1. The van der Waals surface area contributed by atoms with Crippen LogP contribution in [0.1, 0.15) is 45.6 Å². The zero-order valence-electron chi connectivity index (χ0n) is 12.6. The van der Waals surface area contributed by atoms with Gasteiger partial charge >= 0.3 is 0 Å². The van der Waals surface area contributed by atoms with Crippen LogP contribution in [0.3, 0.4) is 0 Å². The van der Waals surface area contributed by atoms with Crippen molar-refractivity contribution >= 4 is 5.69 Å². The van der Waals surface area contributed by atoms with Crippen LogP contribution >= 0.6 is 0 Å². The third-order valence-corrected chi connectivity index (χ3v) is 4.21. The normalized spacial score (nSPS) is 21.3. The van der Waals surface area contributed by atoms with Gasteiger partial charge in [0, 0.05) is 24.3 Å². The van der Waals surface area contributed by atoms with Crippen molar-refractivity contribution in [3.63, 3.8) is 0 Å². The number of anilines is 1. The van der Waals surface area contributed by atoms with Gasteiger partial charge < -0.3 is 10.6 Å². The summed E-state index contributed by atoms with van der Waals surface area (Å²) in [4.78, 5) is 2.59. The van der Waals surface area contributed by atoms with E-state index in [4.69, 9.17) is 5.73 Å². The molecule has 0 bridgehead atoms. The predicted octanol–water partition coefficient (Wildman–Crippen LogP) is 3.59. The van der Waals surface area contributed by atoms with E-state index in [0.717, 1.165) is 12.3 Å². The first-order valence-corrected chi connectivity index (χ1v) is 7.68. The number of nitrogens with zero attached hydrogens (tertiary/aromatic N) is 1. The van der Waals surface area contributed by atoms with Crippen LogP contribution in [-0.4, -0.2) is 18.6 Å². The first-order chi connectivity index (χ1) is 9.08. The summed E-state index contributed by atoms with van der Waals surface area (Å²) in [5.74, 6) is 0.743. The topological polar surface area (TPSA) is 29.3 Å². The van der Waals surface area contributed by atoms with Gasteiger partial charge in [-0.2, -0.15) is 0 Å². The summed E-state index contributed by atoms with van der Waals surface area (Å²) in [5.41, 5.74) is 8.78. The fourth-order valence-corrected chi connectivity index (χ4v) is 3.12. The molecule has 0 aromatic heterocycles. The maximum absolute atomic E-state index is 5.82. The maximum Gasteiger partial charge on any atom is 0.0402 e. The minimum Gasteiger partial charge on any atom is -0.368 e. The lowest BCUT2D eigenvalue weighted by molar-refractivity contribution is 0.463. The summed E-state index contributed by atoms with van der Waals surface area (Å²) < 4.78 is 0. The monoisotopic (exact) mass is 260 g/mol. The SMILES string of the molecule is CC(N)CCCC(C)CN1c2ccccc2CC1C. The summed E-state index contributed by atoms with van der Waals surface area (Å²) in [6.45, 7) is 7.99. The third-order valence-electron chi connectivity index (χ3n) is 4.21. The van der Waals surface area contributed by atoms with E-state index in [1.54, 1.807) is 0 Å². The fourth-order valence-electron chi connectivity index (χ4n) is 3.12. The molecule has 0 radical (unpaired) electrons. The van der Waals surface area contributed by atoms with Crippen molar-refractivity contribution in [2.45, 2.75) is 58.5 Å². The molecule has 0 amide bonds. The summed E-state index contributed by atoms with van der Waals surface area (Å²) in [5, 5.41) is 0. The second kappa shape index (κ2) is 6.42. The molecule has 106 valence electrons. The van der Waals surface area contributed by atoms with Gasteiger partial charge in [-0.25, -0.2) is 0 Å². The number of hydrogen-bond donors (Lipinski definition) is 1. The van der Waals surface area contributed by atoms with Crippen molar-refractivity contribution in [1.82, 2.24) is 0 Å². The molecule has 1 aliphatic rings. The predicted molar refractivity (Wildman–Crippen MR) is 83.6 cm³/mol. The van der Waals surface area contributed by atoms with Gasteiger partial charge in [-0.1, -0.05) is 31.5 Å². The van der Waals surface area contributed by atoms with E-state index in [2.05, 4.69) is 49.9 Å². The molecule has 1 aromatic carbocycles. The maximum atomic E-state index is 5.82. The Hall–Kier alpha value is -1.02. The molecular formula is C17H28N2. The van der Waals surface area contributed by atoms with E-state index >= 15 is 0 Å². The lowest BCUT2D eigenvalue weighted by Gasteiger charge is -2.28. The van der Waals surface area contributed by atoms with Gasteiger partial charge in [0.05, 0.1) is 0 Å². The minimum atomic E-state index is 0.346. The van der Waals surface area contributed by atoms with Gasteiger partial charge in [0.25, 0.3) is 0 Å². The highest BCUT2D eigenvalue weighted by atomic mass is 15.2. The van der Waals surface area contributed by atoms with Crippen LogP contribution in [0.25, 0.3) is 0 Å². The van der Waals surface area contributed by atoms with Crippen LogP contribution < -0.4 is 10.6 Å². The van der Waals surface area contributed by atoms with Crippen molar-refractivity contribution in [1.29, 1.82) is 0 Å². The highest BCUT2D eigenvalue weighted by molar-refractivity contribution is 5.59. The van der Waals surface area contributed by atoms with Gasteiger partial charge in [-0.15, -0.1) is 0 Å². The van der Waals surface area contributed by atoms with Crippen molar-refractivity contribution in [2.75, 3.05) is 11.4 Å². The Morgan fingerprint density at radius 1 is 1.26 bits per heavy atom. The van der Waals surface area contributed by atoms with E-state index in [9.17, 15) is 0 Å². The zero-order chi connectivity index (χ0) is 13.8. The highest BCUT2D eigenvalue weighted by Crippen LogP contribution is 2.32. The van der Waals surface area contributed by atoms with Crippen LogP contribution in [0.5, 0.6) is 0 Å². The Morgan fingerprint density at radius 3 is 2.74 bits per heavy atom. The Morgan fingerprint density at radius 2 is 2.00 bits per heavy atom. The quantitative estimate of drug-likeness (QED) is 0.847. The second-order valence-corrected chi connectivity index (χ2v) is 6.35. The van der Waals surface area contributed by atoms with Gasteiger partial charge in [-0.3, -0.25) is 0 Å². The molecule has 1 aromatic rings. The highest BCUT2D eigenvalue weighted by Gasteiger charge is 2.26. The summed E-state index contributed by atoms with van der Waals surface area (Å²) in [6, 6.07) is 9.85. The molecule has 2 nitrogen and oxygen atoms in total. The fraction of sp³-hybridized carbons (Fsp3) is 0.647. The lowest BCUT2D eigenvalue weighted by atomic mass is 10.0. The molecule has 1 aliphatic heterocycles. The number of hydrogen-bond acceptors (Lipinski definition) is 2. The Kier molecular flexibility index (Phi) is 4.87. The molecule has 2 rings (SSSR count). The first-order valence-electron chi connectivity index (χ1n) is 7.68. The van der Waals surface area contributed by atoms with Crippen LogP contribution in [-0.2, 0) is 6.42 Å². The molecular weight excluding hydrogens is 232 g/mol. The van der Waals surface area contributed by atoms with Gasteiger partial charge in [0.2, 0.25) is 0 Å². The van der Waals surface area contributed by atoms with E-state index in [1.165, 1.54) is 37.1 Å². The van der Waals surface area contributed by atoms with Crippen molar-refractivity contribution in [3.8, 4) is 0 Å². The average Bonchev–Trinajstić information content (AvgIpc) is 2.66. The second-order valence-electron chi connectivity index (χ2n) is 6.35. The summed E-state index contributed by atoms with van der Waals surface area (Å²) in [6.07, 6.45) is 4.88. The number of fused-ring (bicyclic) bond motifs is 1. The Balaban J connectivity index is 1.88. The van der Waals surface area contributed by atoms with E-state index in [-0.39, 0.29) is 0 Å².